The fourth-order valence-corrected chi connectivity index (χ4v) is 6.41. The first kappa shape index (κ1) is 31.0. The molecule has 0 aromatic heterocycles. The molecule has 5 rings (SSSR count). The number of rotatable bonds is 10. The maximum Gasteiger partial charge on any atom is 0.410 e. The molecule has 0 radical (unpaired) electrons. The molecule has 3 fully saturated rings. The summed E-state index contributed by atoms with van der Waals surface area (Å²) in [4.78, 5) is 71.5. The van der Waals surface area contributed by atoms with E-state index in [0.29, 0.717) is 25.9 Å². The Bertz CT molecular complexity index is 1210. The van der Waals surface area contributed by atoms with Crippen LogP contribution in [0.5, 0.6) is 0 Å². The van der Waals surface area contributed by atoms with Gasteiger partial charge in [0.1, 0.15) is 12.1 Å². The first-order valence-electron chi connectivity index (χ1n) is 16.0. The van der Waals surface area contributed by atoms with Crippen LogP contribution in [0.2, 0.25) is 0 Å². The van der Waals surface area contributed by atoms with Gasteiger partial charge < -0.3 is 25.2 Å². The molecule has 4 amide bonds. The van der Waals surface area contributed by atoms with Gasteiger partial charge in [-0.3, -0.25) is 24.1 Å². The highest BCUT2D eigenvalue weighted by Gasteiger charge is 2.45. The van der Waals surface area contributed by atoms with Crippen LogP contribution in [0.4, 0.5) is 4.79 Å². The van der Waals surface area contributed by atoms with Crippen molar-refractivity contribution < 1.29 is 28.7 Å². The van der Waals surface area contributed by atoms with Crippen molar-refractivity contribution >= 4 is 29.6 Å². The number of piperidine rings is 1. The van der Waals surface area contributed by atoms with E-state index in [1.54, 1.807) is 4.90 Å². The predicted molar refractivity (Wildman–Crippen MR) is 159 cm³/mol. The molecule has 234 valence electrons. The quantitative estimate of drug-likeness (QED) is 0.397. The molecule has 3 aliphatic heterocycles. The Labute approximate surface area is 253 Å². The monoisotopic (exact) mass is 595 g/mol. The molecule has 11 nitrogen and oxygen atoms in total. The highest BCUT2D eigenvalue weighted by molar-refractivity contribution is 6.38. The number of Topliss-reactive ketones (excluding diaryl/α,β-unsaturated/α-hetero) is 1. The molecule has 43 heavy (non-hydrogen) atoms. The normalized spacial score (nSPS) is 23.6. The van der Waals surface area contributed by atoms with Gasteiger partial charge in [0.05, 0.1) is 18.6 Å². The minimum Gasteiger partial charge on any atom is -0.444 e. The maximum atomic E-state index is 13.8. The smallest absolute Gasteiger partial charge is 0.410 e. The molecule has 1 saturated carbocycles. The summed E-state index contributed by atoms with van der Waals surface area (Å²) in [5, 5.41) is 5.49. The molecular formula is C32H45N5O6. The lowest BCUT2D eigenvalue weighted by molar-refractivity contribution is -0.144. The average Bonchev–Trinajstić information content (AvgIpc) is 3.75. The second-order valence-corrected chi connectivity index (χ2v) is 12.4. The summed E-state index contributed by atoms with van der Waals surface area (Å²) in [6.07, 6.45) is 5.49. The molecule has 0 bridgehead atoms. The zero-order valence-electron chi connectivity index (χ0n) is 25.4. The fraction of sp³-hybridized carbons (Fsp3) is 0.656. The molecule has 1 aromatic carbocycles. The number of carbonyl (C=O) groups is 5. The van der Waals surface area contributed by atoms with Gasteiger partial charge in [-0.1, -0.05) is 44.0 Å². The molecule has 1 aromatic rings. The largest absolute Gasteiger partial charge is 0.444 e. The SMILES string of the molecule is CCCC(NC(=O)[C@@H]1C[C@@H](OC(=O)N2CCc3ccccc3C2)CN1C(=O)C(C)N1CCCCC1)C(=O)C(=O)NC1CC1. The van der Waals surface area contributed by atoms with Crippen molar-refractivity contribution in [1.82, 2.24) is 25.3 Å². The summed E-state index contributed by atoms with van der Waals surface area (Å²) in [6, 6.07) is 5.71. The number of carbonyl (C=O) groups excluding carboxylic acids is 5. The van der Waals surface area contributed by atoms with Crippen molar-refractivity contribution in [3.05, 3.63) is 35.4 Å². The summed E-state index contributed by atoms with van der Waals surface area (Å²) in [6.45, 7) is 6.45. The Morgan fingerprint density at radius 2 is 1.72 bits per heavy atom. The minimum absolute atomic E-state index is 0.0254. The molecule has 11 heteroatoms. The summed E-state index contributed by atoms with van der Waals surface area (Å²) in [5.41, 5.74) is 2.30. The van der Waals surface area contributed by atoms with Crippen molar-refractivity contribution in [1.29, 1.82) is 0 Å². The minimum atomic E-state index is -0.984. The predicted octanol–water partition coefficient (Wildman–Crippen LogP) is 2.16. The highest BCUT2D eigenvalue weighted by atomic mass is 16.6. The van der Waals surface area contributed by atoms with Crippen molar-refractivity contribution in [3.63, 3.8) is 0 Å². The molecule has 1 aliphatic carbocycles. The third kappa shape index (κ3) is 7.55. The van der Waals surface area contributed by atoms with E-state index >= 15 is 0 Å². The topological polar surface area (TPSA) is 128 Å². The van der Waals surface area contributed by atoms with E-state index in [9.17, 15) is 24.0 Å². The van der Waals surface area contributed by atoms with Gasteiger partial charge in [-0.2, -0.15) is 0 Å². The van der Waals surface area contributed by atoms with E-state index in [1.165, 1.54) is 10.5 Å². The first-order chi connectivity index (χ1) is 20.7. The van der Waals surface area contributed by atoms with Gasteiger partial charge in [0.2, 0.25) is 17.6 Å². The summed E-state index contributed by atoms with van der Waals surface area (Å²) in [7, 11) is 0. The van der Waals surface area contributed by atoms with Crippen LogP contribution in [0.15, 0.2) is 24.3 Å². The summed E-state index contributed by atoms with van der Waals surface area (Å²) in [5.74, 6) is -2.06. The van der Waals surface area contributed by atoms with E-state index in [-0.39, 0.29) is 24.9 Å². The molecular weight excluding hydrogens is 550 g/mol. The fourth-order valence-electron chi connectivity index (χ4n) is 6.41. The Morgan fingerprint density at radius 3 is 2.42 bits per heavy atom. The van der Waals surface area contributed by atoms with E-state index in [4.69, 9.17) is 4.74 Å². The Kier molecular flexibility index (Phi) is 10.00. The van der Waals surface area contributed by atoms with Gasteiger partial charge in [-0.05, 0) is 69.7 Å². The number of benzene rings is 1. The van der Waals surface area contributed by atoms with E-state index in [1.807, 2.05) is 32.0 Å². The highest BCUT2D eigenvalue weighted by Crippen LogP contribution is 2.26. The van der Waals surface area contributed by atoms with E-state index in [0.717, 1.165) is 57.2 Å². The third-order valence-electron chi connectivity index (χ3n) is 9.15. The van der Waals surface area contributed by atoms with Crippen molar-refractivity contribution in [2.75, 3.05) is 26.2 Å². The summed E-state index contributed by atoms with van der Waals surface area (Å²) < 4.78 is 5.91. The molecule has 2 N–H and O–H groups in total. The first-order valence-corrected chi connectivity index (χ1v) is 16.0. The van der Waals surface area contributed by atoms with Crippen LogP contribution in [0.1, 0.15) is 76.3 Å². The molecule has 4 aliphatic rings. The molecule has 3 heterocycles. The number of hydrogen-bond acceptors (Lipinski definition) is 7. The number of ether oxygens (including phenoxy) is 1. The number of amides is 4. The van der Waals surface area contributed by atoms with Gasteiger partial charge in [-0.25, -0.2) is 4.79 Å². The Morgan fingerprint density at radius 1 is 1.00 bits per heavy atom. The number of nitrogens with one attached hydrogen (secondary N) is 2. The van der Waals surface area contributed by atoms with Gasteiger partial charge in [0.15, 0.2) is 0 Å². The lowest BCUT2D eigenvalue weighted by Gasteiger charge is -2.35. The number of ketones is 1. The van der Waals surface area contributed by atoms with Crippen LogP contribution >= 0.6 is 0 Å². The second-order valence-electron chi connectivity index (χ2n) is 12.4. The van der Waals surface area contributed by atoms with Crippen LogP contribution in [0.3, 0.4) is 0 Å². The van der Waals surface area contributed by atoms with Gasteiger partial charge >= 0.3 is 6.09 Å². The lowest BCUT2D eigenvalue weighted by Crippen LogP contribution is -2.56. The Hall–Kier alpha value is -3.47. The zero-order chi connectivity index (χ0) is 30.5. The third-order valence-corrected chi connectivity index (χ3v) is 9.15. The van der Waals surface area contributed by atoms with Crippen molar-refractivity contribution in [3.8, 4) is 0 Å². The second kappa shape index (κ2) is 13.9. The molecule has 0 spiro atoms. The number of fused-ring (bicyclic) bond motifs is 1. The lowest BCUT2D eigenvalue weighted by atomic mass is 10.0. The van der Waals surface area contributed by atoms with Crippen molar-refractivity contribution in [2.24, 2.45) is 0 Å². The van der Waals surface area contributed by atoms with Gasteiger partial charge in [0.25, 0.3) is 5.91 Å². The molecule has 4 atom stereocenters. The Balaban J connectivity index is 1.28. The maximum absolute atomic E-state index is 13.8. The van der Waals surface area contributed by atoms with Crippen LogP contribution in [-0.2, 0) is 36.9 Å². The van der Waals surface area contributed by atoms with Crippen LogP contribution in [0, 0.1) is 0 Å². The van der Waals surface area contributed by atoms with E-state index in [2.05, 4.69) is 21.6 Å². The number of hydrogen-bond donors (Lipinski definition) is 2. The van der Waals surface area contributed by atoms with Crippen LogP contribution in [0.25, 0.3) is 0 Å². The average molecular weight is 596 g/mol. The van der Waals surface area contributed by atoms with Gasteiger partial charge in [-0.15, -0.1) is 0 Å². The number of likely N-dealkylation sites (tertiary alicyclic amines) is 2. The molecule has 2 saturated heterocycles. The molecule has 2 unspecified atom stereocenters. The number of nitrogens with zero attached hydrogens (tertiary/aromatic N) is 3. The van der Waals surface area contributed by atoms with Gasteiger partial charge in [0, 0.05) is 25.6 Å². The van der Waals surface area contributed by atoms with E-state index < -0.39 is 47.9 Å². The standard InChI is InChI=1S/C32H45N5O6/c1-3-9-26(28(38)30(40)33-24-12-13-24)34-29(39)27-18-25(20-37(27)31(41)21(2)35-15-7-4-8-16-35)43-32(42)36-17-14-22-10-5-6-11-23(22)19-36/h5-6,10-11,21,24-27H,3-4,7-9,12-20H2,1-2H3,(H,33,40)(H,34,39)/t21?,25-,26?,27+/m1/s1. The summed E-state index contributed by atoms with van der Waals surface area (Å²) >= 11 is 0. The van der Waals surface area contributed by atoms with Crippen LogP contribution < -0.4 is 10.6 Å². The van der Waals surface area contributed by atoms with Crippen molar-refractivity contribution in [2.45, 2.75) is 108 Å². The zero-order valence-corrected chi connectivity index (χ0v) is 25.4. The van der Waals surface area contributed by atoms with Crippen LogP contribution in [-0.4, -0.2) is 101 Å².